The van der Waals surface area contributed by atoms with Gasteiger partial charge in [0.25, 0.3) is 0 Å². The summed E-state index contributed by atoms with van der Waals surface area (Å²) < 4.78 is 2.77. The van der Waals surface area contributed by atoms with Gasteiger partial charge in [-0.1, -0.05) is 48.0 Å². The first kappa shape index (κ1) is 15.4. The largest absolute Gasteiger partial charge is 0.383 e. The van der Waals surface area contributed by atoms with Crippen LogP contribution in [0.5, 0.6) is 0 Å². The second-order valence-electron chi connectivity index (χ2n) is 6.56. The third-order valence-electron chi connectivity index (χ3n) is 4.74. The van der Waals surface area contributed by atoms with Crippen LogP contribution in [0.25, 0.3) is 6.08 Å². The van der Waals surface area contributed by atoms with Crippen molar-refractivity contribution in [3.63, 3.8) is 0 Å². The zero-order chi connectivity index (χ0) is 15.8. The Bertz CT molecular complexity index is 676. The van der Waals surface area contributed by atoms with Gasteiger partial charge in [0, 0.05) is 4.47 Å². The summed E-state index contributed by atoms with van der Waals surface area (Å²) in [5.41, 5.74) is 1.07. The van der Waals surface area contributed by atoms with Crippen molar-refractivity contribution in [2.24, 2.45) is 5.41 Å². The van der Waals surface area contributed by atoms with Crippen molar-refractivity contribution >= 4 is 22.0 Å². The standard InChI is InChI=1S/C17H20BrN3O/c1-16(2)8-7-14(9-13-3-5-15(18)6-4-13)17(16,22)10-21-12-19-11-20-21/h3-6,9,11-12,22H,7-8,10H2,1-2H3. The van der Waals surface area contributed by atoms with Gasteiger partial charge < -0.3 is 5.11 Å². The van der Waals surface area contributed by atoms with Crippen molar-refractivity contribution in [3.8, 4) is 0 Å². The van der Waals surface area contributed by atoms with Crippen LogP contribution in [0, 0.1) is 5.41 Å². The quantitative estimate of drug-likeness (QED) is 0.906. The van der Waals surface area contributed by atoms with E-state index >= 15 is 0 Å². The molecule has 0 spiro atoms. The van der Waals surface area contributed by atoms with Crippen LogP contribution in [0.15, 0.2) is 47.0 Å². The maximum atomic E-state index is 11.4. The van der Waals surface area contributed by atoms with E-state index in [9.17, 15) is 5.11 Å². The van der Waals surface area contributed by atoms with Crippen molar-refractivity contribution in [2.45, 2.75) is 38.8 Å². The molecule has 0 amide bonds. The fourth-order valence-corrected chi connectivity index (χ4v) is 3.38. The lowest BCUT2D eigenvalue weighted by molar-refractivity contribution is -0.0298. The first-order valence-corrected chi connectivity index (χ1v) is 8.21. The molecule has 1 fully saturated rings. The highest BCUT2D eigenvalue weighted by Gasteiger charge is 2.51. The summed E-state index contributed by atoms with van der Waals surface area (Å²) in [5, 5.41) is 15.6. The zero-order valence-corrected chi connectivity index (χ0v) is 14.4. The Morgan fingerprint density at radius 3 is 2.68 bits per heavy atom. The van der Waals surface area contributed by atoms with E-state index < -0.39 is 5.60 Å². The Morgan fingerprint density at radius 2 is 2.05 bits per heavy atom. The molecule has 22 heavy (non-hydrogen) atoms. The Hall–Kier alpha value is -1.46. The molecule has 116 valence electrons. The van der Waals surface area contributed by atoms with Gasteiger partial charge in [-0.3, -0.25) is 0 Å². The summed E-state index contributed by atoms with van der Waals surface area (Å²) in [6, 6.07) is 8.14. The molecule has 1 aliphatic rings. The highest BCUT2D eigenvalue weighted by atomic mass is 79.9. The lowest BCUT2D eigenvalue weighted by Crippen LogP contribution is -2.45. The van der Waals surface area contributed by atoms with Crippen LogP contribution in [0.2, 0.25) is 0 Å². The molecule has 0 bridgehead atoms. The third kappa shape index (κ3) is 2.75. The highest BCUT2D eigenvalue weighted by molar-refractivity contribution is 9.10. The van der Waals surface area contributed by atoms with E-state index in [2.05, 4.69) is 58.1 Å². The second-order valence-corrected chi connectivity index (χ2v) is 7.47. The predicted molar refractivity (Wildman–Crippen MR) is 90.1 cm³/mol. The number of nitrogens with zero attached hydrogens (tertiary/aromatic N) is 3. The smallest absolute Gasteiger partial charge is 0.137 e. The molecule has 0 radical (unpaired) electrons. The van der Waals surface area contributed by atoms with Gasteiger partial charge in [-0.2, -0.15) is 5.10 Å². The molecule has 1 unspecified atom stereocenters. The van der Waals surface area contributed by atoms with Crippen LogP contribution in [-0.2, 0) is 6.54 Å². The van der Waals surface area contributed by atoms with Crippen LogP contribution < -0.4 is 0 Å². The van der Waals surface area contributed by atoms with Gasteiger partial charge in [0.15, 0.2) is 0 Å². The number of benzene rings is 1. The summed E-state index contributed by atoms with van der Waals surface area (Å²) >= 11 is 3.45. The molecule has 4 nitrogen and oxygen atoms in total. The minimum atomic E-state index is -0.909. The minimum Gasteiger partial charge on any atom is -0.383 e. The SMILES string of the molecule is CC1(C)CCC(=Cc2ccc(Br)cc2)C1(O)Cn1cncn1. The Balaban J connectivity index is 1.97. The van der Waals surface area contributed by atoms with E-state index in [4.69, 9.17) is 0 Å². The molecule has 3 rings (SSSR count). The van der Waals surface area contributed by atoms with Gasteiger partial charge >= 0.3 is 0 Å². The maximum Gasteiger partial charge on any atom is 0.137 e. The predicted octanol–water partition coefficient (Wildman–Crippen LogP) is 3.68. The first-order chi connectivity index (χ1) is 10.4. The van der Waals surface area contributed by atoms with Gasteiger partial charge in [-0.25, -0.2) is 9.67 Å². The van der Waals surface area contributed by atoms with Gasteiger partial charge in [-0.15, -0.1) is 0 Å². The minimum absolute atomic E-state index is 0.194. The molecule has 0 aliphatic heterocycles. The molecule has 1 aliphatic carbocycles. The van der Waals surface area contributed by atoms with Crippen molar-refractivity contribution < 1.29 is 5.11 Å². The first-order valence-electron chi connectivity index (χ1n) is 7.42. The zero-order valence-electron chi connectivity index (χ0n) is 12.8. The van der Waals surface area contributed by atoms with Crippen molar-refractivity contribution in [2.75, 3.05) is 0 Å². The van der Waals surface area contributed by atoms with Crippen LogP contribution in [0.4, 0.5) is 0 Å². The van der Waals surface area contributed by atoms with Gasteiger partial charge in [0.1, 0.15) is 18.3 Å². The Labute approximate surface area is 139 Å². The summed E-state index contributed by atoms with van der Waals surface area (Å²) in [7, 11) is 0. The lowest BCUT2D eigenvalue weighted by Gasteiger charge is -2.37. The maximum absolute atomic E-state index is 11.4. The molecule has 1 atom stereocenters. The van der Waals surface area contributed by atoms with E-state index in [0.29, 0.717) is 6.54 Å². The molecule has 1 N–H and O–H groups in total. The molecule has 1 aromatic carbocycles. The van der Waals surface area contributed by atoms with Gasteiger partial charge in [0.05, 0.1) is 6.54 Å². The molecule has 5 heteroatoms. The van der Waals surface area contributed by atoms with E-state index in [-0.39, 0.29) is 5.41 Å². The van der Waals surface area contributed by atoms with E-state index in [1.807, 2.05) is 12.1 Å². The van der Waals surface area contributed by atoms with Crippen LogP contribution >= 0.6 is 15.9 Å². The number of aliphatic hydroxyl groups is 1. The third-order valence-corrected chi connectivity index (χ3v) is 5.27. The Kier molecular flexibility index (Phi) is 3.95. The van der Waals surface area contributed by atoms with Crippen molar-refractivity contribution in [3.05, 3.63) is 52.5 Å². The molecule has 0 saturated heterocycles. The summed E-state index contributed by atoms with van der Waals surface area (Å²) in [6.45, 7) is 4.67. The number of hydrogen-bond donors (Lipinski definition) is 1. The van der Waals surface area contributed by atoms with Crippen LogP contribution in [0.3, 0.4) is 0 Å². The highest BCUT2D eigenvalue weighted by Crippen LogP contribution is 2.50. The normalized spacial score (nSPS) is 25.7. The van der Waals surface area contributed by atoms with Crippen molar-refractivity contribution in [1.82, 2.24) is 14.8 Å². The summed E-state index contributed by atoms with van der Waals surface area (Å²) in [4.78, 5) is 3.98. The number of aromatic nitrogens is 3. The van der Waals surface area contributed by atoms with E-state index in [0.717, 1.165) is 28.5 Å². The Morgan fingerprint density at radius 1 is 1.32 bits per heavy atom. The fraction of sp³-hybridized carbons (Fsp3) is 0.412. The van der Waals surface area contributed by atoms with Gasteiger partial charge in [-0.05, 0) is 41.5 Å². The second kappa shape index (κ2) is 5.63. The molecular formula is C17H20BrN3O. The molecular weight excluding hydrogens is 342 g/mol. The molecule has 1 saturated carbocycles. The number of hydrogen-bond acceptors (Lipinski definition) is 3. The monoisotopic (exact) mass is 361 g/mol. The lowest BCUT2D eigenvalue weighted by atomic mass is 9.76. The topological polar surface area (TPSA) is 50.9 Å². The average molecular weight is 362 g/mol. The molecule has 1 aromatic heterocycles. The van der Waals surface area contributed by atoms with E-state index in [1.54, 1.807) is 11.0 Å². The van der Waals surface area contributed by atoms with Gasteiger partial charge in [0.2, 0.25) is 0 Å². The average Bonchev–Trinajstić information content (AvgIpc) is 3.04. The summed E-state index contributed by atoms with van der Waals surface area (Å²) in [5.74, 6) is 0. The number of rotatable bonds is 3. The number of halogens is 1. The fourth-order valence-electron chi connectivity index (χ4n) is 3.11. The van der Waals surface area contributed by atoms with Crippen LogP contribution in [0.1, 0.15) is 32.3 Å². The van der Waals surface area contributed by atoms with E-state index in [1.165, 1.54) is 6.33 Å². The molecule has 1 heterocycles. The molecule has 2 aromatic rings. The van der Waals surface area contributed by atoms with Crippen molar-refractivity contribution in [1.29, 1.82) is 0 Å². The summed E-state index contributed by atoms with van der Waals surface area (Å²) in [6.07, 6.45) is 7.12. The van der Waals surface area contributed by atoms with Crippen LogP contribution in [-0.4, -0.2) is 25.5 Å².